The molecule has 0 aliphatic carbocycles. The molecular formula is C15H18N4O3. The summed E-state index contributed by atoms with van der Waals surface area (Å²) in [5.74, 6) is -0.203. The summed E-state index contributed by atoms with van der Waals surface area (Å²) in [5, 5.41) is 17.3. The fraction of sp³-hybridized carbons (Fsp3) is 0.400. The molecule has 0 aromatic carbocycles. The van der Waals surface area contributed by atoms with Gasteiger partial charge in [-0.05, 0) is 38.1 Å². The average Bonchev–Trinajstić information content (AvgIpc) is 3.07. The number of hydrogen-bond donors (Lipinski definition) is 3. The molecule has 2 amide bonds. The summed E-state index contributed by atoms with van der Waals surface area (Å²) in [6, 6.07) is 5.21. The van der Waals surface area contributed by atoms with E-state index in [0.29, 0.717) is 5.76 Å². The summed E-state index contributed by atoms with van der Waals surface area (Å²) in [5.41, 5.74) is -0.145. The summed E-state index contributed by atoms with van der Waals surface area (Å²) < 4.78 is 5.08. The average molecular weight is 302 g/mol. The van der Waals surface area contributed by atoms with Crippen molar-refractivity contribution >= 4 is 11.8 Å². The van der Waals surface area contributed by atoms with Gasteiger partial charge in [-0.2, -0.15) is 5.26 Å². The van der Waals surface area contributed by atoms with Crippen LogP contribution in [0.2, 0.25) is 0 Å². The predicted molar refractivity (Wildman–Crippen MR) is 78.0 cm³/mol. The van der Waals surface area contributed by atoms with E-state index in [1.165, 1.54) is 12.5 Å². The molecule has 1 aromatic heterocycles. The topological polar surface area (TPSA) is 107 Å². The molecule has 2 rings (SSSR count). The lowest BCUT2D eigenvalue weighted by Gasteiger charge is -2.20. The number of carbonyl (C=O) groups excluding carboxylic acids is 2. The van der Waals surface area contributed by atoms with E-state index in [2.05, 4.69) is 16.0 Å². The van der Waals surface area contributed by atoms with Crippen molar-refractivity contribution in [2.45, 2.75) is 19.4 Å². The number of rotatable bonds is 5. The van der Waals surface area contributed by atoms with E-state index < -0.39 is 5.91 Å². The van der Waals surface area contributed by atoms with E-state index in [1.54, 1.807) is 18.2 Å². The Morgan fingerprint density at radius 3 is 2.86 bits per heavy atom. The van der Waals surface area contributed by atoms with E-state index in [-0.39, 0.29) is 23.9 Å². The lowest BCUT2D eigenvalue weighted by molar-refractivity contribution is -0.124. The minimum Gasteiger partial charge on any atom is -0.467 e. The van der Waals surface area contributed by atoms with Gasteiger partial charge in [-0.3, -0.25) is 9.59 Å². The Kier molecular flexibility index (Phi) is 5.74. The zero-order chi connectivity index (χ0) is 15.8. The van der Waals surface area contributed by atoms with Gasteiger partial charge in [0.05, 0.1) is 12.8 Å². The third-order valence-electron chi connectivity index (χ3n) is 3.44. The van der Waals surface area contributed by atoms with Crippen LogP contribution in [0.3, 0.4) is 0 Å². The van der Waals surface area contributed by atoms with Crippen molar-refractivity contribution in [3.63, 3.8) is 0 Å². The smallest absolute Gasteiger partial charge is 0.263 e. The summed E-state index contributed by atoms with van der Waals surface area (Å²) in [7, 11) is 0. The fourth-order valence-electron chi connectivity index (χ4n) is 2.17. The van der Waals surface area contributed by atoms with Crippen molar-refractivity contribution in [1.82, 2.24) is 16.0 Å². The summed E-state index contributed by atoms with van der Waals surface area (Å²) in [6.45, 7) is 1.79. The molecule has 7 heteroatoms. The maximum Gasteiger partial charge on any atom is 0.263 e. The number of nitrogens with zero attached hydrogens (tertiary/aromatic N) is 1. The summed E-state index contributed by atoms with van der Waals surface area (Å²) in [4.78, 5) is 23.8. The molecule has 0 unspecified atom stereocenters. The van der Waals surface area contributed by atoms with Gasteiger partial charge >= 0.3 is 0 Å². The van der Waals surface area contributed by atoms with Crippen LogP contribution in [0.5, 0.6) is 0 Å². The third-order valence-corrected chi connectivity index (χ3v) is 3.44. The lowest BCUT2D eigenvalue weighted by atomic mass is 9.97. The van der Waals surface area contributed by atoms with Crippen LogP contribution in [0.4, 0.5) is 0 Å². The molecule has 1 fully saturated rings. The first-order chi connectivity index (χ1) is 10.7. The Balaban J connectivity index is 1.85. The number of amides is 2. The van der Waals surface area contributed by atoms with Gasteiger partial charge in [0.15, 0.2) is 0 Å². The normalized spacial score (nSPS) is 15.9. The van der Waals surface area contributed by atoms with Crippen molar-refractivity contribution in [3.05, 3.63) is 35.9 Å². The molecule has 0 atom stereocenters. The van der Waals surface area contributed by atoms with Gasteiger partial charge in [-0.25, -0.2) is 0 Å². The SMILES string of the molecule is N#C/C(=C/NC(=O)C1CCNCC1)C(=O)NCc1ccco1. The third kappa shape index (κ3) is 4.46. The first kappa shape index (κ1) is 15.8. The molecule has 1 aliphatic rings. The van der Waals surface area contributed by atoms with Crippen molar-refractivity contribution < 1.29 is 14.0 Å². The Morgan fingerprint density at radius 1 is 1.45 bits per heavy atom. The largest absolute Gasteiger partial charge is 0.467 e. The Bertz CT molecular complexity index is 580. The maximum absolute atomic E-state index is 11.9. The highest BCUT2D eigenvalue weighted by Crippen LogP contribution is 2.11. The second-order valence-corrected chi connectivity index (χ2v) is 4.96. The van der Waals surface area contributed by atoms with E-state index in [4.69, 9.17) is 9.68 Å². The van der Waals surface area contributed by atoms with Gasteiger partial charge in [-0.15, -0.1) is 0 Å². The molecule has 116 valence electrons. The van der Waals surface area contributed by atoms with Gasteiger partial charge in [0.2, 0.25) is 5.91 Å². The Hall–Kier alpha value is -2.59. The van der Waals surface area contributed by atoms with Crippen LogP contribution in [-0.4, -0.2) is 24.9 Å². The second-order valence-electron chi connectivity index (χ2n) is 4.96. The second kappa shape index (κ2) is 8.00. The summed E-state index contributed by atoms with van der Waals surface area (Å²) in [6.07, 6.45) is 4.18. The minimum absolute atomic E-state index is 0.0800. The van der Waals surface area contributed by atoms with E-state index in [1.807, 2.05) is 0 Å². The highest BCUT2D eigenvalue weighted by atomic mass is 16.3. The number of nitriles is 1. The minimum atomic E-state index is -0.551. The molecule has 0 bridgehead atoms. The first-order valence-electron chi connectivity index (χ1n) is 7.12. The van der Waals surface area contributed by atoms with Crippen LogP contribution in [0, 0.1) is 17.2 Å². The number of carbonyl (C=O) groups is 2. The van der Waals surface area contributed by atoms with Crippen LogP contribution in [0.15, 0.2) is 34.6 Å². The molecule has 0 radical (unpaired) electrons. The van der Waals surface area contributed by atoms with Gasteiger partial charge in [0.1, 0.15) is 17.4 Å². The van der Waals surface area contributed by atoms with Crippen LogP contribution in [0.1, 0.15) is 18.6 Å². The van der Waals surface area contributed by atoms with Crippen molar-refractivity contribution in [2.24, 2.45) is 5.92 Å². The van der Waals surface area contributed by atoms with Crippen molar-refractivity contribution in [3.8, 4) is 6.07 Å². The predicted octanol–water partition coefficient (Wildman–Crippen LogP) is 0.419. The maximum atomic E-state index is 11.9. The molecule has 1 aliphatic heterocycles. The molecule has 7 nitrogen and oxygen atoms in total. The quantitative estimate of drug-likeness (QED) is 0.540. The molecule has 2 heterocycles. The van der Waals surface area contributed by atoms with Gasteiger partial charge < -0.3 is 20.4 Å². The standard InChI is InChI=1S/C15H18N4O3/c16-8-12(15(21)19-10-13-2-1-7-22-13)9-18-14(20)11-3-5-17-6-4-11/h1-2,7,9,11,17H,3-6,10H2,(H,18,20)(H,19,21)/b12-9-. The first-order valence-corrected chi connectivity index (χ1v) is 7.12. The number of hydrogen-bond acceptors (Lipinski definition) is 5. The Labute approximate surface area is 128 Å². The van der Waals surface area contributed by atoms with Crippen LogP contribution in [-0.2, 0) is 16.1 Å². The number of nitrogens with one attached hydrogen (secondary N) is 3. The molecule has 3 N–H and O–H groups in total. The number of piperidine rings is 1. The van der Waals surface area contributed by atoms with Crippen molar-refractivity contribution in [1.29, 1.82) is 5.26 Å². The van der Waals surface area contributed by atoms with Gasteiger partial charge in [0, 0.05) is 12.1 Å². The number of furan rings is 1. The van der Waals surface area contributed by atoms with E-state index >= 15 is 0 Å². The van der Waals surface area contributed by atoms with E-state index in [0.717, 1.165) is 25.9 Å². The zero-order valence-electron chi connectivity index (χ0n) is 12.1. The molecule has 1 saturated heterocycles. The zero-order valence-corrected chi connectivity index (χ0v) is 12.1. The molecule has 1 aromatic rings. The Morgan fingerprint density at radius 2 is 2.23 bits per heavy atom. The molecule has 22 heavy (non-hydrogen) atoms. The van der Waals surface area contributed by atoms with Crippen molar-refractivity contribution in [2.75, 3.05) is 13.1 Å². The van der Waals surface area contributed by atoms with Gasteiger partial charge in [-0.1, -0.05) is 0 Å². The van der Waals surface area contributed by atoms with E-state index in [9.17, 15) is 9.59 Å². The summed E-state index contributed by atoms with van der Waals surface area (Å²) >= 11 is 0. The lowest BCUT2D eigenvalue weighted by Crippen LogP contribution is -2.36. The highest BCUT2D eigenvalue weighted by Gasteiger charge is 2.20. The van der Waals surface area contributed by atoms with Crippen LogP contribution in [0.25, 0.3) is 0 Å². The van der Waals surface area contributed by atoms with Crippen LogP contribution < -0.4 is 16.0 Å². The monoisotopic (exact) mass is 302 g/mol. The molecular weight excluding hydrogens is 284 g/mol. The molecule has 0 spiro atoms. The highest BCUT2D eigenvalue weighted by molar-refractivity contribution is 5.97. The fourth-order valence-corrected chi connectivity index (χ4v) is 2.17. The van der Waals surface area contributed by atoms with Crippen LogP contribution >= 0.6 is 0 Å². The van der Waals surface area contributed by atoms with Gasteiger partial charge in [0.25, 0.3) is 5.91 Å². The molecule has 0 saturated carbocycles.